The topological polar surface area (TPSA) is 89.9 Å². The third-order valence-electron chi connectivity index (χ3n) is 1.49. The van der Waals surface area contributed by atoms with Crippen molar-refractivity contribution in [3.05, 3.63) is 30.3 Å². The van der Waals surface area contributed by atoms with E-state index in [2.05, 4.69) is 4.74 Å². The van der Waals surface area contributed by atoms with Crippen LogP contribution in [-0.2, 0) is 23.9 Å². The fourth-order valence-corrected chi connectivity index (χ4v) is 1.64. The van der Waals surface area contributed by atoms with E-state index in [9.17, 15) is 9.59 Å². The van der Waals surface area contributed by atoms with Gasteiger partial charge in [0.25, 0.3) is 5.97 Å². The lowest BCUT2D eigenvalue weighted by Crippen LogP contribution is -1.96. The summed E-state index contributed by atoms with van der Waals surface area (Å²) in [6.07, 6.45) is 0. The number of halogens is 1. The average molecular weight is 351 g/mol. The van der Waals surface area contributed by atoms with Crippen LogP contribution in [0, 0.1) is 0 Å². The van der Waals surface area contributed by atoms with Crippen LogP contribution in [0.4, 0.5) is 0 Å². The fourth-order valence-electron chi connectivity index (χ4n) is 0.774. The van der Waals surface area contributed by atoms with E-state index in [1.54, 1.807) is 0 Å². The number of benzene rings is 1. The lowest BCUT2D eigenvalue weighted by atomic mass is 10.4. The highest BCUT2D eigenvalue weighted by Crippen LogP contribution is 2.16. The number of hydrogen-bond acceptors (Lipinski definition) is 6. The van der Waals surface area contributed by atoms with Crippen LogP contribution < -0.4 is 0 Å². The number of esters is 2. The molecule has 0 fully saturated rings. The molecule has 1 aromatic rings. The van der Waals surface area contributed by atoms with Crippen molar-refractivity contribution in [1.82, 2.24) is 0 Å². The second kappa shape index (κ2) is 15.7. The summed E-state index contributed by atoms with van der Waals surface area (Å²) in [5.74, 6) is -1.03. The predicted octanol–water partition coefficient (Wildman–Crippen LogP) is 3.14. The Balaban J connectivity index is 0. The van der Waals surface area contributed by atoms with Crippen LogP contribution in [0.2, 0.25) is 0 Å². The molecule has 0 saturated heterocycles. The molecule has 0 aromatic heterocycles. The summed E-state index contributed by atoms with van der Waals surface area (Å²) in [4.78, 5) is 30.2. The van der Waals surface area contributed by atoms with Crippen LogP contribution in [0.5, 0.6) is 0 Å². The molecule has 0 aliphatic carbocycles. The first-order chi connectivity index (χ1) is 10.3. The van der Waals surface area contributed by atoms with E-state index in [-0.39, 0.29) is 18.0 Å². The highest BCUT2D eigenvalue weighted by Gasteiger charge is 1.94. The molecule has 0 atom stereocenters. The van der Waals surface area contributed by atoms with Crippen LogP contribution >= 0.6 is 23.4 Å². The Morgan fingerprint density at radius 3 is 1.82 bits per heavy atom. The largest absolute Gasteiger partial charge is 0.481 e. The van der Waals surface area contributed by atoms with Crippen molar-refractivity contribution in [2.45, 2.75) is 25.7 Å². The smallest absolute Gasteiger partial charge is 0.303 e. The van der Waals surface area contributed by atoms with Gasteiger partial charge in [-0.2, -0.15) is 0 Å². The highest BCUT2D eigenvalue weighted by atomic mass is 35.5. The molecule has 0 heterocycles. The van der Waals surface area contributed by atoms with Gasteiger partial charge in [-0.15, -0.1) is 0 Å². The maximum Gasteiger partial charge on any atom is 0.303 e. The van der Waals surface area contributed by atoms with Crippen molar-refractivity contribution in [3.63, 3.8) is 0 Å². The molecular formula is C14H19ClO6S. The Morgan fingerprint density at radius 2 is 1.50 bits per heavy atom. The van der Waals surface area contributed by atoms with E-state index in [0.29, 0.717) is 5.94 Å². The molecule has 8 heteroatoms. The number of aliphatic carboxylic acids is 1. The van der Waals surface area contributed by atoms with Gasteiger partial charge in [0.05, 0.1) is 0 Å². The number of hydrogen-bond donors (Lipinski definition) is 1. The molecule has 124 valence electrons. The van der Waals surface area contributed by atoms with Gasteiger partial charge in [0.15, 0.2) is 6.07 Å². The van der Waals surface area contributed by atoms with Crippen molar-refractivity contribution < 1.29 is 29.0 Å². The molecule has 1 aromatic carbocycles. The standard InChI is InChI=1S/C9H10O2S.C3H5ClO2.C2H4O2/c1-8(10)11-7-12-9-5-3-2-4-6-9;1-3(5)6-2-4;1-2(3)4/h2-6H,7H2,1H3;2H2,1H3;1H3,(H,3,4). The Labute approximate surface area is 138 Å². The monoisotopic (exact) mass is 350 g/mol. The summed E-state index contributed by atoms with van der Waals surface area (Å²) >= 11 is 6.46. The van der Waals surface area contributed by atoms with Gasteiger partial charge >= 0.3 is 11.9 Å². The number of rotatable bonds is 4. The molecule has 6 nitrogen and oxygen atoms in total. The summed E-state index contributed by atoms with van der Waals surface area (Å²) in [6, 6.07) is 9.78. The van der Waals surface area contributed by atoms with Gasteiger partial charge in [0.1, 0.15) is 5.94 Å². The summed E-state index contributed by atoms with van der Waals surface area (Å²) in [7, 11) is 0. The minimum Gasteiger partial charge on any atom is -0.481 e. The zero-order valence-corrected chi connectivity index (χ0v) is 14.1. The molecule has 1 rings (SSSR count). The van der Waals surface area contributed by atoms with Gasteiger partial charge in [-0.1, -0.05) is 41.6 Å². The van der Waals surface area contributed by atoms with Crippen molar-refractivity contribution >= 4 is 41.3 Å². The first kappa shape index (κ1) is 22.5. The second-order valence-corrected chi connectivity index (χ2v) is 4.69. The van der Waals surface area contributed by atoms with Crippen LogP contribution in [0.1, 0.15) is 20.8 Å². The van der Waals surface area contributed by atoms with Crippen molar-refractivity contribution in [3.8, 4) is 0 Å². The number of carboxylic acids is 1. The molecule has 22 heavy (non-hydrogen) atoms. The van der Waals surface area contributed by atoms with E-state index in [1.165, 1.54) is 25.6 Å². The van der Waals surface area contributed by atoms with E-state index >= 15 is 0 Å². The van der Waals surface area contributed by atoms with E-state index < -0.39 is 5.97 Å². The SMILES string of the molecule is CC(=O)O.CC(=O)OCCl.CC(=O)OCSc1ccccc1. The third kappa shape index (κ3) is 23.4. The number of ether oxygens (including phenoxy) is 2. The van der Waals surface area contributed by atoms with E-state index in [4.69, 9.17) is 26.2 Å². The quantitative estimate of drug-likeness (QED) is 0.386. The van der Waals surface area contributed by atoms with Crippen molar-refractivity contribution in [1.29, 1.82) is 0 Å². The van der Waals surface area contributed by atoms with Gasteiger partial charge in [0, 0.05) is 25.7 Å². The molecule has 0 bridgehead atoms. The number of alkyl halides is 1. The Morgan fingerprint density at radius 1 is 1.05 bits per heavy atom. The van der Waals surface area contributed by atoms with Crippen LogP contribution in [0.3, 0.4) is 0 Å². The summed E-state index contributed by atoms with van der Waals surface area (Å²) in [5, 5.41) is 7.42. The average Bonchev–Trinajstić information content (AvgIpc) is 2.39. The first-order valence-corrected chi connectivity index (χ1v) is 7.51. The predicted molar refractivity (Wildman–Crippen MR) is 84.7 cm³/mol. The summed E-state index contributed by atoms with van der Waals surface area (Å²) in [6.45, 7) is 3.80. The molecule has 0 spiro atoms. The van der Waals surface area contributed by atoms with Gasteiger partial charge in [-0.05, 0) is 12.1 Å². The van der Waals surface area contributed by atoms with Gasteiger partial charge in [0.2, 0.25) is 0 Å². The van der Waals surface area contributed by atoms with Crippen LogP contribution in [0.15, 0.2) is 35.2 Å². The fraction of sp³-hybridized carbons (Fsp3) is 0.357. The van der Waals surface area contributed by atoms with Gasteiger partial charge in [-0.25, -0.2) is 0 Å². The first-order valence-electron chi connectivity index (χ1n) is 5.99. The number of carbonyl (C=O) groups excluding carboxylic acids is 2. The van der Waals surface area contributed by atoms with E-state index in [1.807, 2.05) is 30.3 Å². The zero-order valence-electron chi connectivity index (χ0n) is 12.6. The highest BCUT2D eigenvalue weighted by molar-refractivity contribution is 7.99. The lowest BCUT2D eigenvalue weighted by molar-refractivity contribution is -0.139. The number of thioether (sulfide) groups is 1. The maximum absolute atomic E-state index is 10.4. The van der Waals surface area contributed by atoms with E-state index in [0.717, 1.165) is 11.8 Å². The van der Waals surface area contributed by atoms with Gasteiger partial charge in [-0.3, -0.25) is 14.4 Å². The minimum absolute atomic E-state index is 0.0463. The molecule has 0 aliphatic heterocycles. The molecule has 0 radical (unpaired) electrons. The molecule has 0 amide bonds. The zero-order chi connectivity index (χ0) is 17.4. The Bertz CT molecular complexity index is 434. The van der Waals surface area contributed by atoms with Crippen molar-refractivity contribution in [2.24, 2.45) is 0 Å². The van der Waals surface area contributed by atoms with Crippen LogP contribution in [-0.4, -0.2) is 35.0 Å². The molecular weight excluding hydrogens is 332 g/mol. The number of carbonyl (C=O) groups is 3. The van der Waals surface area contributed by atoms with Gasteiger partial charge < -0.3 is 14.6 Å². The molecule has 0 unspecified atom stereocenters. The molecule has 0 aliphatic rings. The van der Waals surface area contributed by atoms with Crippen molar-refractivity contribution in [2.75, 3.05) is 12.0 Å². The maximum atomic E-state index is 10.4. The third-order valence-corrected chi connectivity index (χ3v) is 2.44. The normalized spacial score (nSPS) is 8.36. The molecule has 0 saturated carbocycles. The Kier molecular flexibility index (Phi) is 16.0. The lowest BCUT2D eigenvalue weighted by Gasteiger charge is -2.00. The number of carboxylic acid groups (broad SMARTS) is 1. The van der Waals surface area contributed by atoms with Crippen LogP contribution in [0.25, 0.3) is 0 Å². The molecule has 1 N–H and O–H groups in total. The summed E-state index contributed by atoms with van der Waals surface area (Å²) < 4.78 is 8.94. The summed E-state index contributed by atoms with van der Waals surface area (Å²) in [5.41, 5.74) is 0. The minimum atomic E-state index is -0.833. The Hall–Kier alpha value is -1.73. The second-order valence-electron chi connectivity index (χ2n) is 3.48.